The molecule has 1 unspecified atom stereocenters. The number of fused-ring (bicyclic) bond motifs is 6. The van der Waals surface area contributed by atoms with Crippen molar-refractivity contribution in [3.05, 3.63) is 205 Å². The summed E-state index contributed by atoms with van der Waals surface area (Å²) in [6, 6.07) is 68.6. The summed E-state index contributed by atoms with van der Waals surface area (Å²) in [7, 11) is 0. The number of aromatic nitrogens is 1. The molecular formula is C50H37N3O. The minimum absolute atomic E-state index is 0.333. The lowest BCUT2D eigenvalue weighted by molar-refractivity contribution is 0.643. The lowest BCUT2D eigenvalue weighted by Gasteiger charge is -2.32. The van der Waals surface area contributed by atoms with Crippen LogP contribution >= 0.6 is 0 Å². The molecule has 1 atom stereocenters. The second-order valence-electron chi connectivity index (χ2n) is 13.9. The van der Waals surface area contributed by atoms with Gasteiger partial charge in [0.25, 0.3) is 0 Å². The van der Waals surface area contributed by atoms with Gasteiger partial charge in [-0.15, -0.1) is 0 Å². The quantitative estimate of drug-likeness (QED) is 0.161. The minimum atomic E-state index is -0.333. The van der Waals surface area contributed by atoms with Gasteiger partial charge in [-0.3, -0.25) is 0 Å². The van der Waals surface area contributed by atoms with Crippen LogP contribution in [-0.4, -0.2) is 4.57 Å². The number of para-hydroxylation sites is 3. The highest BCUT2D eigenvalue weighted by Gasteiger charge is 2.20. The molecule has 0 aliphatic carbocycles. The number of nitrogens with zero attached hydrogens (tertiary/aromatic N) is 2. The summed E-state index contributed by atoms with van der Waals surface area (Å²) in [5, 5.41) is 4.68. The Morgan fingerprint density at radius 2 is 1.17 bits per heavy atom. The van der Waals surface area contributed by atoms with Gasteiger partial charge in [0, 0.05) is 45.0 Å². The molecule has 258 valence electrons. The lowest BCUT2D eigenvalue weighted by Crippen LogP contribution is -2.34. The van der Waals surface area contributed by atoms with E-state index >= 15 is 0 Å². The average Bonchev–Trinajstić information content (AvgIpc) is 3.79. The van der Waals surface area contributed by atoms with Crippen molar-refractivity contribution in [3.63, 3.8) is 0 Å². The number of furan rings is 1. The largest absolute Gasteiger partial charge is 0.455 e. The zero-order valence-corrected chi connectivity index (χ0v) is 29.6. The van der Waals surface area contributed by atoms with Crippen molar-refractivity contribution < 1.29 is 4.42 Å². The van der Waals surface area contributed by atoms with Crippen molar-refractivity contribution in [1.29, 1.82) is 0 Å². The van der Waals surface area contributed by atoms with E-state index in [0.717, 1.165) is 61.0 Å². The van der Waals surface area contributed by atoms with Crippen molar-refractivity contribution in [2.24, 2.45) is 5.73 Å². The van der Waals surface area contributed by atoms with Crippen molar-refractivity contribution in [2.75, 3.05) is 4.90 Å². The van der Waals surface area contributed by atoms with Crippen LogP contribution in [0.5, 0.6) is 0 Å². The normalized spacial score (nSPS) is 12.2. The first-order valence-electron chi connectivity index (χ1n) is 18.5. The van der Waals surface area contributed by atoms with Crippen LogP contribution in [0.3, 0.4) is 0 Å². The zero-order valence-electron chi connectivity index (χ0n) is 29.6. The first-order valence-corrected chi connectivity index (χ1v) is 18.5. The molecule has 54 heavy (non-hydrogen) atoms. The van der Waals surface area contributed by atoms with Gasteiger partial charge in [-0.25, -0.2) is 0 Å². The summed E-state index contributed by atoms with van der Waals surface area (Å²) in [4.78, 5) is 2.29. The number of hydrogen-bond acceptors (Lipinski definition) is 3. The fraction of sp³-hybridized carbons (Fsp3) is 0.0400. The van der Waals surface area contributed by atoms with Crippen LogP contribution in [-0.2, 0) is 6.54 Å². The van der Waals surface area contributed by atoms with E-state index in [0.29, 0.717) is 6.54 Å². The molecule has 8 aromatic carbocycles. The monoisotopic (exact) mass is 695 g/mol. The van der Waals surface area contributed by atoms with Crippen LogP contribution in [0.1, 0.15) is 17.3 Å². The molecule has 10 rings (SSSR count). The Morgan fingerprint density at radius 1 is 0.500 bits per heavy atom. The van der Waals surface area contributed by atoms with Crippen molar-refractivity contribution >= 4 is 49.4 Å². The van der Waals surface area contributed by atoms with E-state index in [1.807, 2.05) is 18.2 Å². The van der Waals surface area contributed by atoms with Gasteiger partial charge in [0.1, 0.15) is 17.3 Å². The van der Waals surface area contributed by atoms with Crippen LogP contribution in [0.15, 0.2) is 199 Å². The van der Waals surface area contributed by atoms with Gasteiger partial charge in [-0.1, -0.05) is 140 Å². The Morgan fingerprint density at radius 3 is 2.00 bits per heavy atom. The highest BCUT2D eigenvalue weighted by molar-refractivity contribution is 6.13. The van der Waals surface area contributed by atoms with Crippen molar-refractivity contribution in [2.45, 2.75) is 12.7 Å². The van der Waals surface area contributed by atoms with Crippen molar-refractivity contribution in [3.8, 4) is 27.9 Å². The van der Waals surface area contributed by atoms with Crippen molar-refractivity contribution in [1.82, 2.24) is 4.57 Å². The van der Waals surface area contributed by atoms with E-state index in [4.69, 9.17) is 10.2 Å². The molecule has 0 amide bonds. The van der Waals surface area contributed by atoms with Crippen LogP contribution in [0, 0.1) is 0 Å². The molecule has 0 fully saturated rings. The number of hydrogen-bond donors (Lipinski definition) is 1. The van der Waals surface area contributed by atoms with Gasteiger partial charge < -0.3 is 19.6 Å². The Kier molecular flexibility index (Phi) is 7.82. The van der Waals surface area contributed by atoms with E-state index in [9.17, 15) is 0 Å². The zero-order chi connectivity index (χ0) is 36.0. The molecule has 2 aromatic heterocycles. The predicted octanol–water partition coefficient (Wildman–Crippen LogP) is 12.7. The van der Waals surface area contributed by atoms with E-state index < -0.39 is 0 Å². The average molecular weight is 696 g/mol. The summed E-state index contributed by atoms with van der Waals surface area (Å²) in [6.07, 6.45) is -0.333. The standard InChI is InChI=1S/C50H37N3O/c51-50(36-16-5-2-6-17-36)52(33-34-13-11-18-37(31-34)35-14-3-1-4-15-35)39-26-28-40(29-27-39)53-46-23-9-7-19-42(46)45-32-38(25-30-47(45)53)41-21-12-22-44-43-20-8-10-24-48(43)54-49(41)44/h1-32,50H,33,51H2. The van der Waals surface area contributed by atoms with Crippen LogP contribution < -0.4 is 10.6 Å². The van der Waals surface area contributed by atoms with E-state index in [1.54, 1.807) is 0 Å². The van der Waals surface area contributed by atoms with E-state index in [2.05, 4.69) is 185 Å². The molecule has 4 nitrogen and oxygen atoms in total. The Bertz CT molecular complexity index is 2920. The lowest BCUT2D eigenvalue weighted by atomic mass is 10.0. The molecular weight excluding hydrogens is 659 g/mol. The van der Waals surface area contributed by atoms with Gasteiger partial charge in [-0.2, -0.15) is 0 Å². The number of rotatable bonds is 8. The molecule has 0 saturated carbocycles. The Labute approximate surface area is 313 Å². The maximum absolute atomic E-state index is 7.08. The molecule has 10 aromatic rings. The topological polar surface area (TPSA) is 47.3 Å². The molecule has 0 radical (unpaired) electrons. The van der Waals surface area contributed by atoms with Gasteiger partial charge >= 0.3 is 0 Å². The number of nitrogens with two attached hydrogens (primary N) is 1. The molecule has 0 spiro atoms. The highest BCUT2D eigenvalue weighted by atomic mass is 16.3. The molecule has 2 N–H and O–H groups in total. The van der Waals surface area contributed by atoms with Gasteiger partial charge in [0.05, 0.1) is 11.0 Å². The maximum atomic E-state index is 7.08. The summed E-state index contributed by atoms with van der Waals surface area (Å²) in [5.74, 6) is 0. The number of anilines is 1. The molecule has 0 bridgehead atoms. The Hall–Kier alpha value is -6.88. The van der Waals surface area contributed by atoms with Gasteiger partial charge in [0.2, 0.25) is 0 Å². The molecule has 0 aliphatic heterocycles. The smallest absolute Gasteiger partial charge is 0.143 e. The first-order chi connectivity index (χ1) is 26.7. The molecule has 4 heteroatoms. The summed E-state index contributed by atoms with van der Waals surface area (Å²) in [6.45, 7) is 0.659. The molecule has 2 heterocycles. The van der Waals surface area contributed by atoms with Crippen LogP contribution in [0.2, 0.25) is 0 Å². The van der Waals surface area contributed by atoms with Crippen LogP contribution in [0.4, 0.5) is 5.69 Å². The van der Waals surface area contributed by atoms with E-state index in [1.165, 1.54) is 27.5 Å². The third-order valence-electron chi connectivity index (χ3n) is 10.7. The summed E-state index contributed by atoms with van der Waals surface area (Å²) in [5.41, 5.74) is 20.3. The maximum Gasteiger partial charge on any atom is 0.143 e. The van der Waals surface area contributed by atoms with Gasteiger partial charge in [0.15, 0.2) is 0 Å². The SMILES string of the molecule is NC(c1ccccc1)N(Cc1cccc(-c2ccccc2)c1)c1ccc(-n2c3ccccc3c3cc(-c4cccc5c4oc4ccccc45)ccc32)cc1. The minimum Gasteiger partial charge on any atom is -0.455 e. The highest BCUT2D eigenvalue weighted by Crippen LogP contribution is 2.40. The second-order valence-corrected chi connectivity index (χ2v) is 13.9. The van der Waals surface area contributed by atoms with Crippen LogP contribution in [0.25, 0.3) is 71.7 Å². The number of benzene rings is 8. The van der Waals surface area contributed by atoms with Gasteiger partial charge in [-0.05, 0) is 82.4 Å². The summed E-state index contributed by atoms with van der Waals surface area (Å²) < 4.78 is 8.80. The van der Waals surface area contributed by atoms with E-state index in [-0.39, 0.29) is 6.17 Å². The predicted molar refractivity (Wildman–Crippen MR) is 225 cm³/mol. The second kappa shape index (κ2) is 13.3. The first kappa shape index (κ1) is 31.8. The fourth-order valence-electron chi connectivity index (χ4n) is 8.04. The molecule has 0 aliphatic rings. The Balaban J connectivity index is 1.05. The third-order valence-corrected chi connectivity index (χ3v) is 10.7. The fourth-order valence-corrected chi connectivity index (χ4v) is 8.04. The molecule has 0 saturated heterocycles. The summed E-state index contributed by atoms with van der Waals surface area (Å²) >= 11 is 0. The third kappa shape index (κ3) is 5.52.